The third-order valence-electron chi connectivity index (χ3n) is 5.07. The first kappa shape index (κ1) is 23.5. The molecule has 0 spiro atoms. The average Bonchev–Trinajstić information content (AvgIpc) is 3.25. The van der Waals surface area contributed by atoms with Crippen LogP contribution in [0, 0.1) is 6.92 Å². The third-order valence-corrected chi connectivity index (χ3v) is 6.79. The van der Waals surface area contributed by atoms with Crippen molar-refractivity contribution in [3.8, 4) is 22.7 Å². The molecule has 9 heteroatoms. The van der Waals surface area contributed by atoms with Gasteiger partial charge in [-0.1, -0.05) is 59.6 Å². The molecule has 0 bridgehead atoms. The first-order chi connectivity index (χ1) is 16.3. The molecule has 0 fully saturated rings. The van der Waals surface area contributed by atoms with Gasteiger partial charge >= 0.3 is 0 Å². The summed E-state index contributed by atoms with van der Waals surface area (Å²) in [5.74, 6) is -1.03. The third kappa shape index (κ3) is 5.13. The number of carbonyl (C=O) groups is 1. The molecule has 3 aromatic carbocycles. The molecule has 0 aliphatic carbocycles. The number of halogens is 1. The highest BCUT2D eigenvalue weighted by Gasteiger charge is 2.28. The quantitative estimate of drug-likeness (QED) is 0.393. The van der Waals surface area contributed by atoms with Gasteiger partial charge in [-0.3, -0.25) is 9.36 Å². The molecule has 1 aromatic heterocycles. The van der Waals surface area contributed by atoms with E-state index in [0.717, 1.165) is 11.1 Å². The maximum absolute atomic E-state index is 13.4. The molecule has 0 radical (unpaired) electrons. The molecule has 7 nitrogen and oxygen atoms in total. The molecule has 1 heterocycles. The van der Waals surface area contributed by atoms with Crippen LogP contribution in [0.5, 0.6) is 5.75 Å². The van der Waals surface area contributed by atoms with Crippen LogP contribution in [0.3, 0.4) is 0 Å². The molecular weight excluding hydrogens is 474 g/mol. The van der Waals surface area contributed by atoms with E-state index < -0.39 is 21.5 Å². The predicted octanol–water partition coefficient (Wildman–Crippen LogP) is 4.92. The lowest BCUT2D eigenvalue weighted by molar-refractivity contribution is -0.113. The zero-order chi connectivity index (χ0) is 24.3. The highest BCUT2D eigenvalue weighted by Crippen LogP contribution is 2.29. The van der Waals surface area contributed by atoms with Crippen LogP contribution in [-0.4, -0.2) is 36.7 Å². The van der Waals surface area contributed by atoms with Crippen molar-refractivity contribution in [2.24, 2.45) is 0 Å². The van der Waals surface area contributed by atoms with Crippen molar-refractivity contribution in [2.45, 2.75) is 12.1 Å². The van der Waals surface area contributed by atoms with E-state index in [9.17, 15) is 13.2 Å². The van der Waals surface area contributed by atoms with Crippen LogP contribution in [0.2, 0.25) is 5.02 Å². The van der Waals surface area contributed by atoms with Crippen molar-refractivity contribution in [3.05, 3.63) is 89.6 Å². The Labute approximate surface area is 202 Å². The summed E-state index contributed by atoms with van der Waals surface area (Å²) in [7, 11) is -2.63. The van der Waals surface area contributed by atoms with Crippen molar-refractivity contribution in [1.29, 1.82) is 0 Å². The van der Waals surface area contributed by atoms with Crippen LogP contribution in [0.25, 0.3) is 16.9 Å². The van der Waals surface area contributed by atoms with Gasteiger partial charge < -0.3 is 10.1 Å². The number of nitrogens with zero attached hydrogens (tertiary/aromatic N) is 2. The van der Waals surface area contributed by atoms with Gasteiger partial charge in [0.25, 0.3) is 0 Å². The van der Waals surface area contributed by atoms with E-state index in [4.69, 9.17) is 16.3 Å². The molecule has 174 valence electrons. The van der Waals surface area contributed by atoms with Gasteiger partial charge in [-0.2, -0.15) is 0 Å². The average molecular weight is 496 g/mol. The fourth-order valence-corrected chi connectivity index (χ4v) is 4.87. The van der Waals surface area contributed by atoms with Crippen LogP contribution in [0.4, 0.5) is 5.69 Å². The Morgan fingerprint density at radius 1 is 1.06 bits per heavy atom. The van der Waals surface area contributed by atoms with E-state index in [1.807, 2.05) is 31.2 Å². The number of sulfone groups is 1. The van der Waals surface area contributed by atoms with Crippen molar-refractivity contribution in [2.75, 3.05) is 18.2 Å². The summed E-state index contributed by atoms with van der Waals surface area (Å²) in [6.45, 7) is 1.96. The number of aromatic nitrogens is 2. The molecule has 1 amide bonds. The monoisotopic (exact) mass is 495 g/mol. The van der Waals surface area contributed by atoms with Gasteiger partial charge in [-0.15, -0.1) is 0 Å². The van der Waals surface area contributed by atoms with Crippen molar-refractivity contribution >= 4 is 33.0 Å². The minimum absolute atomic E-state index is 0.256. The van der Waals surface area contributed by atoms with E-state index in [1.54, 1.807) is 48.7 Å². The van der Waals surface area contributed by atoms with E-state index >= 15 is 0 Å². The van der Waals surface area contributed by atoms with Gasteiger partial charge in [-0.05, 0) is 37.3 Å². The Morgan fingerprint density at radius 3 is 2.50 bits per heavy atom. The number of methoxy groups -OCH3 is 1. The molecule has 0 aliphatic rings. The Hall–Kier alpha value is -3.62. The second-order valence-corrected chi connectivity index (χ2v) is 9.95. The van der Waals surface area contributed by atoms with E-state index in [2.05, 4.69) is 10.3 Å². The van der Waals surface area contributed by atoms with E-state index in [1.165, 1.54) is 17.7 Å². The lowest BCUT2D eigenvalue weighted by atomic mass is 10.1. The summed E-state index contributed by atoms with van der Waals surface area (Å²) < 4.78 is 33.6. The number of hydrogen-bond donors (Lipinski definition) is 1. The molecule has 0 unspecified atom stereocenters. The van der Waals surface area contributed by atoms with Crippen molar-refractivity contribution < 1.29 is 17.9 Å². The van der Waals surface area contributed by atoms with Gasteiger partial charge in [-0.25, -0.2) is 13.4 Å². The first-order valence-electron chi connectivity index (χ1n) is 10.3. The topological polar surface area (TPSA) is 90.3 Å². The second kappa shape index (κ2) is 9.70. The number of benzene rings is 3. The summed E-state index contributed by atoms with van der Waals surface area (Å²) >= 11 is 5.95. The van der Waals surface area contributed by atoms with Gasteiger partial charge in [0.1, 0.15) is 11.5 Å². The summed E-state index contributed by atoms with van der Waals surface area (Å²) in [4.78, 5) is 17.0. The summed E-state index contributed by atoms with van der Waals surface area (Å²) in [6, 6.07) is 21.1. The van der Waals surface area contributed by atoms with Gasteiger partial charge in [0.05, 0.1) is 18.5 Å². The molecular formula is C25H22ClN3O4S. The van der Waals surface area contributed by atoms with Crippen LogP contribution in [-0.2, 0) is 14.6 Å². The number of imidazole rings is 1. The van der Waals surface area contributed by atoms with Crippen LogP contribution < -0.4 is 10.1 Å². The Kier molecular flexibility index (Phi) is 6.72. The smallest absolute Gasteiger partial charge is 0.240 e. The SMILES string of the molecule is COc1ccccc1-n1cc(-c2ccc(C)cc2)nc1S(=O)(=O)CC(=O)Nc1cccc(Cl)c1. The maximum atomic E-state index is 13.4. The van der Waals surface area contributed by atoms with Crippen LogP contribution >= 0.6 is 11.6 Å². The molecule has 0 saturated heterocycles. The normalized spacial score (nSPS) is 11.3. The Balaban J connectivity index is 1.75. The fourth-order valence-electron chi connectivity index (χ4n) is 3.45. The predicted molar refractivity (Wildman–Crippen MR) is 132 cm³/mol. The largest absolute Gasteiger partial charge is 0.495 e. The number of aryl methyl sites for hydroxylation is 1. The van der Waals surface area contributed by atoms with Gasteiger partial charge in [0.15, 0.2) is 0 Å². The van der Waals surface area contributed by atoms with Crippen LogP contribution in [0.1, 0.15) is 5.56 Å². The Morgan fingerprint density at radius 2 is 1.79 bits per heavy atom. The number of anilines is 1. The number of amides is 1. The van der Waals surface area contributed by atoms with Crippen molar-refractivity contribution in [1.82, 2.24) is 9.55 Å². The number of nitrogens with one attached hydrogen (secondary N) is 1. The highest BCUT2D eigenvalue weighted by atomic mass is 35.5. The summed E-state index contributed by atoms with van der Waals surface area (Å²) in [5, 5.41) is 2.74. The number of ether oxygens (including phenoxy) is 1. The summed E-state index contributed by atoms with van der Waals surface area (Å²) in [6.07, 6.45) is 1.63. The number of carbonyl (C=O) groups excluding carboxylic acids is 1. The molecule has 4 aromatic rings. The zero-order valence-electron chi connectivity index (χ0n) is 18.5. The molecule has 0 saturated carbocycles. The minimum atomic E-state index is -4.14. The molecule has 1 N–H and O–H groups in total. The second-order valence-electron chi connectivity index (χ2n) is 7.63. The van der Waals surface area contributed by atoms with Gasteiger partial charge in [0, 0.05) is 22.5 Å². The van der Waals surface area contributed by atoms with Gasteiger partial charge in [0.2, 0.25) is 20.9 Å². The number of para-hydroxylation sites is 2. The minimum Gasteiger partial charge on any atom is -0.495 e. The molecule has 0 atom stereocenters. The lowest BCUT2D eigenvalue weighted by Crippen LogP contribution is -2.25. The van der Waals surface area contributed by atoms with Crippen LogP contribution in [0.15, 0.2) is 84.1 Å². The Bertz CT molecular complexity index is 1450. The molecule has 0 aliphatic heterocycles. The highest BCUT2D eigenvalue weighted by molar-refractivity contribution is 7.92. The van der Waals surface area contributed by atoms with E-state index in [0.29, 0.717) is 27.8 Å². The maximum Gasteiger partial charge on any atom is 0.240 e. The molecule has 4 rings (SSSR count). The number of rotatable bonds is 7. The van der Waals surface area contributed by atoms with Crippen molar-refractivity contribution in [3.63, 3.8) is 0 Å². The molecule has 34 heavy (non-hydrogen) atoms. The zero-order valence-corrected chi connectivity index (χ0v) is 20.1. The lowest BCUT2D eigenvalue weighted by Gasteiger charge is -2.12. The number of hydrogen-bond acceptors (Lipinski definition) is 5. The van der Waals surface area contributed by atoms with E-state index in [-0.39, 0.29) is 5.16 Å². The first-order valence-corrected chi connectivity index (χ1v) is 12.4. The standard InChI is InChI=1S/C25H22ClN3O4S/c1-17-10-12-18(13-11-17)21-15-29(22-8-3-4-9-23(22)33-2)25(28-21)34(31,32)16-24(30)27-20-7-5-6-19(26)14-20/h3-15H,16H2,1-2H3,(H,27,30). The fraction of sp³-hybridized carbons (Fsp3) is 0.120. The summed E-state index contributed by atoms with van der Waals surface area (Å²) in [5.41, 5.74) is 3.17.